The molecule has 0 fully saturated rings. The van der Waals surface area contributed by atoms with Crippen molar-refractivity contribution in [3.63, 3.8) is 0 Å². The number of thioether (sulfide) groups is 1. The van der Waals surface area contributed by atoms with Crippen LogP contribution in [0.5, 0.6) is 0 Å². The lowest BCUT2D eigenvalue weighted by Crippen LogP contribution is -2.21. The Bertz CT molecular complexity index is 942. The van der Waals surface area contributed by atoms with Gasteiger partial charge in [-0.25, -0.2) is 9.78 Å². The van der Waals surface area contributed by atoms with Crippen LogP contribution in [0.1, 0.15) is 10.5 Å². The van der Waals surface area contributed by atoms with Crippen molar-refractivity contribution in [2.45, 2.75) is 5.16 Å². The molecule has 8 heteroatoms. The number of imidazole rings is 1. The molecule has 0 spiro atoms. The first-order valence-electron chi connectivity index (χ1n) is 7.32. The molecule has 0 radical (unpaired) electrons. The summed E-state index contributed by atoms with van der Waals surface area (Å²) in [4.78, 5) is 28.6. The molecule has 0 aliphatic rings. The number of carbonyl (C=O) groups is 2. The summed E-state index contributed by atoms with van der Waals surface area (Å²) >= 11 is 4.77. The predicted octanol–water partition coefficient (Wildman–Crippen LogP) is 3.61. The highest BCUT2D eigenvalue weighted by Crippen LogP contribution is 2.22. The molecule has 1 N–H and O–H groups in total. The molecule has 1 aromatic carbocycles. The Hall–Kier alpha value is -2.32. The third kappa shape index (κ3) is 3.85. The number of halogens is 1. The Balaban J connectivity index is 1.69. The van der Waals surface area contributed by atoms with Gasteiger partial charge in [-0.1, -0.05) is 30.0 Å². The third-order valence-electron chi connectivity index (χ3n) is 3.37. The van der Waals surface area contributed by atoms with Crippen LogP contribution in [0.4, 0.5) is 5.69 Å². The van der Waals surface area contributed by atoms with Gasteiger partial charge in [0, 0.05) is 10.7 Å². The summed E-state index contributed by atoms with van der Waals surface area (Å²) in [5.41, 5.74) is 1.45. The number of amides is 1. The van der Waals surface area contributed by atoms with Crippen LogP contribution in [0.15, 0.2) is 58.3 Å². The zero-order valence-electron chi connectivity index (χ0n) is 13.2. The number of benzene rings is 1. The summed E-state index contributed by atoms with van der Waals surface area (Å²) in [5, 5.41) is 3.36. The standard InChI is InChI=1S/C17H14BrN3O3S/c1-25-17-20-15(13-8-4-5-9-21(13)17)16(23)24-10-14(22)19-12-7-3-2-6-11(12)18/h2-9H,10H2,1H3,(H,19,22). The Labute approximate surface area is 156 Å². The number of para-hydroxylation sites is 1. The monoisotopic (exact) mass is 419 g/mol. The molecule has 0 aliphatic carbocycles. The van der Waals surface area contributed by atoms with Crippen molar-refractivity contribution < 1.29 is 14.3 Å². The number of ether oxygens (including phenoxy) is 1. The molecule has 3 rings (SSSR count). The number of esters is 1. The first-order chi connectivity index (χ1) is 12.1. The Morgan fingerprint density at radius 2 is 2.00 bits per heavy atom. The fourth-order valence-electron chi connectivity index (χ4n) is 2.25. The molecular formula is C17H14BrN3O3S. The molecular weight excluding hydrogens is 406 g/mol. The number of pyridine rings is 1. The summed E-state index contributed by atoms with van der Waals surface area (Å²) < 4.78 is 7.67. The topological polar surface area (TPSA) is 72.7 Å². The SMILES string of the molecule is CSc1nc(C(=O)OCC(=O)Nc2ccccc2Br)c2ccccn12. The number of hydrogen-bond donors (Lipinski definition) is 1. The van der Waals surface area contributed by atoms with Crippen LogP contribution in [-0.4, -0.2) is 34.1 Å². The number of aromatic nitrogens is 2. The number of fused-ring (bicyclic) bond motifs is 1. The average molecular weight is 420 g/mol. The molecule has 3 aromatic rings. The predicted molar refractivity (Wildman–Crippen MR) is 100 cm³/mol. The largest absolute Gasteiger partial charge is 0.451 e. The smallest absolute Gasteiger partial charge is 0.359 e. The molecule has 2 aromatic heterocycles. The summed E-state index contributed by atoms with van der Waals surface area (Å²) in [6.07, 6.45) is 3.70. The van der Waals surface area contributed by atoms with Gasteiger partial charge in [0.05, 0.1) is 11.2 Å². The van der Waals surface area contributed by atoms with E-state index in [-0.39, 0.29) is 12.3 Å². The van der Waals surface area contributed by atoms with E-state index in [1.54, 1.807) is 18.2 Å². The van der Waals surface area contributed by atoms with Crippen molar-refractivity contribution in [1.29, 1.82) is 0 Å². The molecule has 6 nitrogen and oxygen atoms in total. The van der Waals surface area contributed by atoms with Crippen molar-refractivity contribution in [2.24, 2.45) is 0 Å². The van der Waals surface area contributed by atoms with Crippen LogP contribution in [0.2, 0.25) is 0 Å². The second kappa shape index (κ2) is 7.71. The summed E-state index contributed by atoms with van der Waals surface area (Å²) in [5.74, 6) is -1.06. The minimum absolute atomic E-state index is 0.193. The van der Waals surface area contributed by atoms with Gasteiger partial charge in [-0.05, 0) is 46.5 Å². The van der Waals surface area contributed by atoms with Crippen LogP contribution in [-0.2, 0) is 9.53 Å². The minimum atomic E-state index is -0.633. The van der Waals surface area contributed by atoms with E-state index in [4.69, 9.17) is 4.74 Å². The van der Waals surface area contributed by atoms with E-state index < -0.39 is 11.9 Å². The fraction of sp³-hybridized carbons (Fsp3) is 0.118. The van der Waals surface area contributed by atoms with Gasteiger partial charge in [0.25, 0.3) is 5.91 Å². The van der Waals surface area contributed by atoms with Crippen LogP contribution in [0.25, 0.3) is 5.52 Å². The van der Waals surface area contributed by atoms with Crippen LogP contribution >= 0.6 is 27.7 Å². The van der Waals surface area contributed by atoms with Crippen molar-refractivity contribution in [1.82, 2.24) is 9.38 Å². The zero-order chi connectivity index (χ0) is 17.8. The second-order valence-electron chi connectivity index (χ2n) is 5.01. The van der Waals surface area contributed by atoms with Gasteiger partial charge in [0.2, 0.25) is 0 Å². The van der Waals surface area contributed by atoms with Crippen molar-refractivity contribution >= 4 is 50.8 Å². The third-order valence-corrected chi connectivity index (χ3v) is 4.72. The molecule has 0 saturated heterocycles. The van der Waals surface area contributed by atoms with Gasteiger partial charge in [0.1, 0.15) is 0 Å². The van der Waals surface area contributed by atoms with Gasteiger partial charge in [-0.15, -0.1) is 0 Å². The quantitative estimate of drug-likeness (QED) is 0.504. The molecule has 1 amide bonds. The highest BCUT2D eigenvalue weighted by Gasteiger charge is 2.19. The molecule has 25 heavy (non-hydrogen) atoms. The average Bonchev–Trinajstić information content (AvgIpc) is 3.00. The van der Waals surface area contributed by atoms with E-state index in [1.165, 1.54) is 11.8 Å². The first kappa shape index (κ1) is 17.5. The van der Waals surface area contributed by atoms with Crippen molar-refractivity contribution in [3.05, 3.63) is 58.8 Å². The first-order valence-corrected chi connectivity index (χ1v) is 9.34. The Morgan fingerprint density at radius 3 is 2.76 bits per heavy atom. The summed E-state index contributed by atoms with van der Waals surface area (Å²) in [7, 11) is 0. The highest BCUT2D eigenvalue weighted by molar-refractivity contribution is 9.10. The van der Waals surface area contributed by atoms with Crippen molar-refractivity contribution in [2.75, 3.05) is 18.2 Å². The van der Waals surface area contributed by atoms with Gasteiger partial charge >= 0.3 is 5.97 Å². The van der Waals surface area contributed by atoms with E-state index in [1.807, 2.05) is 41.1 Å². The highest BCUT2D eigenvalue weighted by atomic mass is 79.9. The van der Waals surface area contributed by atoms with E-state index in [2.05, 4.69) is 26.2 Å². The van der Waals surface area contributed by atoms with Gasteiger partial charge < -0.3 is 10.1 Å². The lowest BCUT2D eigenvalue weighted by Gasteiger charge is -2.07. The second-order valence-corrected chi connectivity index (χ2v) is 6.63. The molecule has 2 heterocycles. The number of nitrogens with zero attached hydrogens (tertiary/aromatic N) is 2. The Morgan fingerprint density at radius 1 is 1.24 bits per heavy atom. The van der Waals surface area contributed by atoms with Crippen LogP contribution < -0.4 is 5.32 Å². The maximum Gasteiger partial charge on any atom is 0.359 e. The maximum absolute atomic E-state index is 12.3. The maximum atomic E-state index is 12.3. The van der Waals surface area contributed by atoms with Gasteiger partial charge in [-0.3, -0.25) is 9.20 Å². The summed E-state index contributed by atoms with van der Waals surface area (Å²) in [6, 6.07) is 12.7. The molecule has 0 bridgehead atoms. The van der Waals surface area contributed by atoms with Crippen LogP contribution in [0, 0.1) is 0 Å². The zero-order valence-corrected chi connectivity index (χ0v) is 15.6. The number of carbonyl (C=O) groups excluding carboxylic acids is 2. The molecule has 128 valence electrons. The van der Waals surface area contributed by atoms with Crippen LogP contribution in [0.3, 0.4) is 0 Å². The van der Waals surface area contributed by atoms with Crippen molar-refractivity contribution in [3.8, 4) is 0 Å². The summed E-state index contributed by atoms with van der Waals surface area (Å²) in [6.45, 7) is -0.388. The number of rotatable bonds is 5. The number of hydrogen-bond acceptors (Lipinski definition) is 5. The number of nitrogens with one attached hydrogen (secondary N) is 1. The lowest BCUT2D eigenvalue weighted by atomic mass is 10.3. The van der Waals surface area contributed by atoms with E-state index in [0.717, 1.165) is 4.47 Å². The van der Waals surface area contributed by atoms with E-state index >= 15 is 0 Å². The minimum Gasteiger partial charge on any atom is -0.451 e. The molecule has 0 unspecified atom stereocenters. The van der Waals surface area contributed by atoms with E-state index in [9.17, 15) is 9.59 Å². The fourth-order valence-corrected chi connectivity index (χ4v) is 3.17. The lowest BCUT2D eigenvalue weighted by molar-refractivity contribution is -0.119. The van der Waals surface area contributed by atoms with E-state index in [0.29, 0.717) is 16.4 Å². The molecule has 0 atom stereocenters. The number of anilines is 1. The Kier molecular flexibility index (Phi) is 5.40. The molecule has 0 aliphatic heterocycles. The van der Waals surface area contributed by atoms with Gasteiger partial charge in [-0.2, -0.15) is 0 Å². The van der Waals surface area contributed by atoms with Gasteiger partial charge in [0.15, 0.2) is 17.5 Å². The normalized spacial score (nSPS) is 10.6. The molecule has 0 saturated carbocycles.